The normalized spacial score (nSPS) is 18.5. The summed E-state index contributed by atoms with van der Waals surface area (Å²) in [5, 5.41) is 11.5. The monoisotopic (exact) mass is 290 g/mol. The van der Waals surface area contributed by atoms with Crippen LogP contribution in [0.5, 0.6) is 0 Å². The van der Waals surface area contributed by atoms with Gasteiger partial charge in [-0.25, -0.2) is 0 Å². The van der Waals surface area contributed by atoms with Crippen LogP contribution >= 0.6 is 0 Å². The molecule has 5 heteroatoms. The van der Waals surface area contributed by atoms with Gasteiger partial charge in [-0.1, -0.05) is 6.92 Å². The van der Waals surface area contributed by atoms with E-state index in [2.05, 4.69) is 22.4 Å². The smallest absolute Gasteiger partial charge is 0.255 e. The molecule has 0 aromatic carbocycles. The van der Waals surface area contributed by atoms with E-state index in [1.54, 1.807) is 0 Å². The van der Waals surface area contributed by atoms with Crippen LogP contribution in [-0.4, -0.2) is 47.2 Å². The van der Waals surface area contributed by atoms with Crippen molar-refractivity contribution in [3.8, 4) is 0 Å². The summed E-state index contributed by atoms with van der Waals surface area (Å²) in [4.78, 5) is 14.8. The fraction of sp³-hybridized carbons (Fsp3) is 0.688. The number of hydrogen-bond acceptors (Lipinski definition) is 4. The third-order valence-electron chi connectivity index (χ3n) is 3.99. The average molecular weight is 290 g/mol. The van der Waals surface area contributed by atoms with Gasteiger partial charge < -0.3 is 10.2 Å². The first-order valence-corrected chi connectivity index (χ1v) is 7.92. The lowest BCUT2D eigenvalue weighted by Gasteiger charge is -2.30. The van der Waals surface area contributed by atoms with Crippen molar-refractivity contribution in [3.05, 3.63) is 23.0 Å². The Kier molecular flexibility index (Phi) is 5.67. The van der Waals surface area contributed by atoms with Gasteiger partial charge >= 0.3 is 0 Å². The van der Waals surface area contributed by atoms with Crippen molar-refractivity contribution in [3.63, 3.8) is 0 Å². The van der Waals surface area contributed by atoms with Crippen molar-refractivity contribution in [1.29, 1.82) is 0 Å². The molecule has 1 fully saturated rings. The van der Waals surface area contributed by atoms with Crippen LogP contribution in [0.1, 0.15) is 47.9 Å². The van der Waals surface area contributed by atoms with Crippen LogP contribution in [0.2, 0.25) is 0 Å². The minimum atomic E-state index is 0.0953. The average Bonchev–Trinajstić information content (AvgIpc) is 2.49. The zero-order valence-corrected chi connectivity index (χ0v) is 13.4. The molecule has 1 N–H and O–H groups in total. The second-order valence-corrected chi connectivity index (χ2v) is 5.95. The first kappa shape index (κ1) is 15.9. The summed E-state index contributed by atoms with van der Waals surface area (Å²) in [6, 6.07) is 1.85. The summed E-state index contributed by atoms with van der Waals surface area (Å²) in [5.74, 6) is 0.656. The molecule has 1 atom stereocenters. The zero-order chi connectivity index (χ0) is 15.2. The van der Waals surface area contributed by atoms with Crippen LogP contribution in [0.15, 0.2) is 6.07 Å². The van der Waals surface area contributed by atoms with Gasteiger partial charge in [0.05, 0.1) is 17.0 Å². The van der Waals surface area contributed by atoms with Crippen molar-refractivity contribution < 1.29 is 4.79 Å². The van der Waals surface area contributed by atoms with Gasteiger partial charge in [0.2, 0.25) is 0 Å². The lowest BCUT2D eigenvalue weighted by Crippen LogP contribution is -2.41. The maximum absolute atomic E-state index is 12.8. The number of carbonyl (C=O) groups excluding carboxylic acids is 1. The molecule has 1 unspecified atom stereocenters. The lowest BCUT2D eigenvalue weighted by atomic mass is 9.98. The predicted molar refractivity (Wildman–Crippen MR) is 83.3 cm³/mol. The Hall–Kier alpha value is -1.49. The summed E-state index contributed by atoms with van der Waals surface area (Å²) in [6.45, 7) is 9.59. The second kappa shape index (κ2) is 7.50. The van der Waals surface area contributed by atoms with Gasteiger partial charge in [-0.05, 0) is 58.2 Å². The minimum absolute atomic E-state index is 0.0953. The molecule has 0 radical (unpaired) electrons. The van der Waals surface area contributed by atoms with Gasteiger partial charge in [0.25, 0.3) is 5.91 Å². The van der Waals surface area contributed by atoms with E-state index >= 15 is 0 Å². The fourth-order valence-electron chi connectivity index (χ4n) is 2.87. The van der Waals surface area contributed by atoms with Crippen LogP contribution in [-0.2, 0) is 0 Å². The second-order valence-electron chi connectivity index (χ2n) is 5.95. The molecule has 0 bridgehead atoms. The molecule has 1 aliphatic rings. The third kappa shape index (κ3) is 4.24. The number of hydrogen-bond donors (Lipinski definition) is 1. The molecule has 1 aromatic rings. The number of amides is 1. The standard InChI is InChI=1S/C16H26N4O/c1-4-8-20(11-14-6-5-7-17-10-14)16(21)15-9-12(2)18-19-13(15)3/h9,14,17H,4-8,10-11H2,1-3H3. The highest BCUT2D eigenvalue weighted by atomic mass is 16.2. The number of carbonyl (C=O) groups is 1. The quantitative estimate of drug-likeness (QED) is 0.900. The van der Waals surface area contributed by atoms with E-state index in [1.165, 1.54) is 12.8 Å². The van der Waals surface area contributed by atoms with Crippen molar-refractivity contribution >= 4 is 5.91 Å². The van der Waals surface area contributed by atoms with E-state index in [4.69, 9.17) is 0 Å². The molecule has 1 aliphatic heterocycles. The van der Waals surface area contributed by atoms with E-state index in [1.807, 2.05) is 24.8 Å². The molecular weight excluding hydrogens is 264 g/mol. The van der Waals surface area contributed by atoms with Crippen LogP contribution in [0.3, 0.4) is 0 Å². The first-order chi connectivity index (χ1) is 10.1. The topological polar surface area (TPSA) is 58.1 Å². The van der Waals surface area contributed by atoms with Crippen molar-refractivity contribution in [1.82, 2.24) is 20.4 Å². The summed E-state index contributed by atoms with van der Waals surface area (Å²) in [5.41, 5.74) is 2.20. The highest BCUT2D eigenvalue weighted by Crippen LogP contribution is 2.16. The third-order valence-corrected chi connectivity index (χ3v) is 3.99. The van der Waals surface area contributed by atoms with Gasteiger partial charge in [-0.3, -0.25) is 4.79 Å². The van der Waals surface area contributed by atoms with Crippen LogP contribution in [0.25, 0.3) is 0 Å². The van der Waals surface area contributed by atoms with E-state index in [0.717, 1.165) is 38.3 Å². The molecule has 0 spiro atoms. The van der Waals surface area contributed by atoms with Crippen molar-refractivity contribution in [2.45, 2.75) is 40.0 Å². The molecule has 2 rings (SSSR count). The summed E-state index contributed by atoms with van der Waals surface area (Å²) in [6.07, 6.45) is 3.38. The molecule has 1 amide bonds. The van der Waals surface area contributed by atoms with Crippen LogP contribution < -0.4 is 5.32 Å². The van der Waals surface area contributed by atoms with Crippen molar-refractivity contribution in [2.24, 2.45) is 5.92 Å². The highest BCUT2D eigenvalue weighted by molar-refractivity contribution is 5.95. The Morgan fingerprint density at radius 1 is 1.43 bits per heavy atom. The fourth-order valence-corrected chi connectivity index (χ4v) is 2.87. The Labute approximate surface area is 127 Å². The number of rotatable bonds is 5. The maximum atomic E-state index is 12.8. The molecule has 1 saturated heterocycles. The molecule has 1 aromatic heterocycles. The Balaban J connectivity index is 2.12. The maximum Gasteiger partial charge on any atom is 0.255 e. The predicted octanol–water partition coefficient (Wildman–Crippen LogP) is 1.95. The van der Waals surface area contributed by atoms with E-state index in [9.17, 15) is 4.79 Å². The summed E-state index contributed by atoms with van der Waals surface area (Å²) < 4.78 is 0. The Morgan fingerprint density at radius 3 is 2.90 bits per heavy atom. The van der Waals surface area contributed by atoms with Gasteiger partial charge in [-0.2, -0.15) is 10.2 Å². The molecule has 0 saturated carbocycles. The summed E-state index contributed by atoms with van der Waals surface area (Å²) in [7, 11) is 0. The number of aryl methyl sites for hydroxylation is 2. The zero-order valence-electron chi connectivity index (χ0n) is 13.4. The van der Waals surface area contributed by atoms with Crippen LogP contribution in [0, 0.1) is 19.8 Å². The Morgan fingerprint density at radius 2 is 2.24 bits per heavy atom. The largest absolute Gasteiger partial charge is 0.338 e. The van der Waals surface area contributed by atoms with Crippen LogP contribution in [0.4, 0.5) is 0 Å². The highest BCUT2D eigenvalue weighted by Gasteiger charge is 2.23. The summed E-state index contributed by atoms with van der Waals surface area (Å²) >= 11 is 0. The minimum Gasteiger partial charge on any atom is -0.338 e. The lowest BCUT2D eigenvalue weighted by molar-refractivity contribution is 0.0717. The SMILES string of the molecule is CCCN(CC1CCCNC1)C(=O)c1cc(C)nnc1C. The van der Waals surface area contributed by atoms with Gasteiger partial charge in [-0.15, -0.1) is 0 Å². The van der Waals surface area contributed by atoms with E-state index in [0.29, 0.717) is 17.2 Å². The van der Waals surface area contributed by atoms with E-state index < -0.39 is 0 Å². The number of nitrogens with one attached hydrogen (secondary N) is 1. The molecule has 116 valence electrons. The van der Waals surface area contributed by atoms with Crippen molar-refractivity contribution in [2.75, 3.05) is 26.2 Å². The van der Waals surface area contributed by atoms with Gasteiger partial charge in [0.15, 0.2) is 0 Å². The van der Waals surface area contributed by atoms with Gasteiger partial charge in [0, 0.05) is 13.1 Å². The Bertz CT molecular complexity index is 483. The molecule has 2 heterocycles. The first-order valence-electron chi connectivity index (χ1n) is 7.92. The number of nitrogens with zero attached hydrogens (tertiary/aromatic N) is 3. The van der Waals surface area contributed by atoms with E-state index in [-0.39, 0.29) is 5.91 Å². The molecule has 21 heavy (non-hydrogen) atoms. The molecule has 0 aliphatic carbocycles. The molecular formula is C16H26N4O. The molecule has 5 nitrogen and oxygen atoms in total. The number of aromatic nitrogens is 2. The van der Waals surface area contributed by atoms with Gasteiger partial charge in [0.1, 0.15) is 0 Å². The number of piperidine rings is 1.